The number of piperidine rings is 1. The third-order valence-corrected chi connectivity index (χ3v) is 3.87. The third kappa shape index (κ3) is 2.51. The summed E-state index contributed by atoms with van der Waals surface area (Å²) in [7, 11) is 0. The van der Waals surface area contributed by atoms with Crippen molar-refractivity contribution in [3.63, 3.8) is 0 Å². The molecule has 2 fully saturated rings. The molecule has 2 aliphatic rings. The summed E-state index contributed by atoms with van der Waals surface area (Å²) in [6, 6.07) is 0.149. The first-order valence-electron chi connectivity index (χ1n) is 6.49. The van der Waals surface area contributed by atoms with Gasteiger partial charge in [-0.15, -0.1) is 0 Å². The number of likely N-dealkylation sites (tertiary alicyclic amines) is 2. The van der Waals surface area contributed by atoms with E-state index in [9.17, 15) is 9.59 Å². The van der Waals surface area contributed by atoms with Crippen LogP contribution in [0.2, 0.25) is 0 Å². The van der Waals surface area contributed by atoms with Gasteiger partial charge in [-0.05, 0) is 33.6 Å². The average Bonchev–Trinajstić information content (AvgIpc) is 2.58. The van der Waals surface area contributed by atoms with E-state index in [1.165, 1.54) is 4.90 Å². The van der Waals surface area contributed by atoms with Gasteiger partial charge in [-0.3, -0.25) is 19.4 Å². The van der Waals surface area contributed by atoms with Crippen LogP contribution in [0.1, 0.15) is 46.5 Å². The summed E-state index contributed by atoms with van der Waals surface area (Å²) in [5.74, 6) is 0.0633. The van der Waals surface area contributed by atoms with E-state index >= 15 is 0 Å². The standard InChI is InChI=1S/C13H22N2O2/c1-13(2,3)14-8-6-10(7-9-14)15-11(16)4-5-12(15)17/h10H,4-9H2,1-3H3. The molecule has 0 spiro atoms. The van der Waals surface area contributed by atoms with Crippen LogP contribution in [0.3, 0.4) is 0 Å². The van der Waals surface area contributed by atoms with Gasteiger partial charge >= 0.3 is 0 Å². The first kappa shape index (κ1) is 12.6. The predicted molar refractivity (Wildman–Crippen MR) is 65.4 cm³/mol. The first-order chi connectivity index (χ1) is 7.89. The summed E-state index contributed by atoms with van der Waals surface area (Å²) in [4.78, 5) is 27.3. The molecule has 0 aromatic heterocycles. The predicted octanol–water partition coefficient (Wildman–Crippen LogP) is 1.40. The van der Waals surface area contributed by atoms with Crippen LogP contribution in [-0.4, -0.2) is 46.3 Å². The largest absolute Gasteiger partial charge is 0.298 e. The minimum atomic E-state index is 0.0317. The fourth-order valence-corrected chi connectivity index (χ4v) is 2.80. The topological polar surface area (TPSA) is 40.6 Å². The number of imide groups is 1. The second-order valence-electron chi connectivity index (χ2n) is 6.05. The van der Waals surface area contributed by atoms with E-state index in [0.29, 0.717) is 12.8 Å². The highest BCUT2D eigenvalue weighted by molar-refractivity contribution is 6.02. The molecule has 0 unspecified atom stereocenters. The minimum absolute atomic E-state index is 0.0317. The van der Waals surface area contributed by atoms with Crippen LogP contribution in [0.4, 0.5) is 0 Å². The van der Waals surface area contributed by atoms with Crippen LogP contribution in [0.15, 0.2) is 0 Å². The minimum Gasteiger partial charge on any atom is -0.298 e. The normalized spacial score (nSPS) is 24.8. The Balaban J connectivity index is 1.95. The van der Waals surface area contributed by atoms with E-state index < -0.39 is 0 Å². The second-order valence-corrected chi connectivity index (χ2v) is 6.05. The molecular weight excluding hydrogens is 216 g/mol. The van der Waals surface area contributed by atoms with Crippen LogP contribution in [0.5, 0.6) is 0 Å². The summed E-state index contributed by atoms with van der Waals surface area (Å²) in [6.07, 6.45) is 2.68. The quantitative estimate of drug-likeness (QED) is 0.648. The highest BCUT2D eigenvalue weighted by Gasteiger charge is 2.37. The van der Waals surface area contributed by atoms with Gasteiger partial charge in [-0.25, -0.2) is 0 Å². The number of carbonyl (C=O) groups is 2. The number of amides is 2. The van der Waals surface area contributed by atoms with Gasteiger partial charge in [0.1, 0.15) is 0 Å². The molecule has 2 saturated heterocycles. The van der Waals surface area contributed by atoms with Gasteiger partial charge in [0.05, 0.1) is 0 Å². The zero-order valence-corrected chi connectivity index (χ0v) is 11.0. The molecule has 2 amide bonds. The molecule has 0 N–H and O–H groups in total. The molecule has 2 aliphatic heterocycles. The van der Waals surface area contributed by atoms with Crippen molar-refractivity contribution in [2.24, 2.45) is 0 Å². The van der Waals surface area contributed by atoms with Crippen LogP contribution >= 0.6 is 0 Å². The van der Waals surface area contributed by atoms with Crippen LogP contribution in [0, 0.1) is 0 Å². The van der Waals surface area contributed by atoms with E-state index in [-0.39, 0.29) is 23.4 Å². The molecule has 17 heavy (non-hydrogen) atoms. The molecule has 0 aromatic rings. The zero-order chi connectivity index (χ0) is 12.6. The fourth-order valence-electron chi connectivity index (χ4n) is 2.80. The number of hydrogen-bond donors (Lipinski definition) is 0. The van der Waals surface area contributed by atoms with Gasteiger partial charge in [-0.2, -0.15) is 0 Å². The third-order valence-electron chi connectivity index (χ3n) is 3.87. The van der Waals surface area contributed by atoms with Crippen molar-refractivity contribution in [2.45, 2.75) is 58.0 Å². The van der Waals surface area contributed by atoms with Gasteiger partial charge in [0, 0.05) is 37.5 Å². The molecule has 4 nitrogen and oxygen atoms in total. The number of rotatable bonds is 1. The monoisotopic (exact) mass is 238 g/mol. The summed E-state index contributed by atoms with van der Waals surface area (Å²) in [5, 5.41) is 0. The Labute approximate surface area is 103 Å². The van der Waals surface area contributed by atoms with Crippen molar-refractivity contribution in [1.82, 2.24) is 9.80 Å². The summed E-state index contributed by atoms with van der Waals surface area (Å²) < 4.78 is 0. The molecular formula is C13H22N2O2. The van der Waals surface area contributed by atoms with Crippen molar-refractivity contribution in [3.05, 3.63) is 0 Å². The first-order valence-corrected chi connectivity index (χ1v) is 6.49. The Morgan fingerprint density at radius 1 is 1.00 bits per heavy atom. The van der Waals surface area contributed by atoms with Crippen LogP contribution in [-0.2, 0) is 9.59 Å². The number of hydrogen-bond acceptors (Lipinski definition) is 3. The second kappa shape index (κ2) is 4.41. The molecule has 0 aliphatic carbocycles. The van der Waals surface area contributed by atoms with E-state index in [1.807, 2.05) is 0 Å². The molecule has 0 saturated carbocycles. The van der Waals surface area contributed by atoms with Crippen molar-refractivity contribution in [1.29, 1.82) is 0 Å². The lowest BCUT2D eigenvalue weighted by atomic mass is 9.97. The number of nitrogens with zero attached hydrogens (tertiary/aromatic N) is 2. The van der Waals surface area contributed by atoms with Crippen LogP contribution in [0.25, 0.3) is 0 Å². The Hall–Kier alpha value is -0.900. The average molecular weight is 238 g/mol. The maximum absolute atomic E-state index is 11.7. The van der Waals surface area contributed by atoms with E-state index in [1.54, 1.807) is 0 Å². The molecule has 96 valence electrons. The maximum atomic E-state index is 11.7. The summed E-state index contributed by atoms with van der Waals surface area (Å²) in [5.41, 5.74) is 0.185. The lowest BCUT2D eigenvalue weighted by Crippen LogP contribution is -2.52. The smallest absolute Gasteiger partial charge is 0.229 e. The SMILES string of the molecule is CC(C)(C)N1CCC(N2C(=O)CCC2=O)CC1. The van der Waals surface area contributed by atoms with E-state index in [0.717, 1.165) is 25.9 Å². The van der Waals surface area contributed by atoms with Gasteiger partial charge in [-0.1, -0.05) is 0 Å². The fraction of sp³-hybridized carbons (Fsp3) is 0.846. The summed E-state index contributed by atoms with van der Waals surface area (Å²) in [6.45, 7) is 8.58. The Morgan fingerprint density at radius 3 is 1.88 bits per heavy atom. The Kier molecular flexibility index (Phi) is 3.25. The van der Waals surface area contributed by atoms with Gasteiger partial charge in [0.15, 0.2) is 0 Å². The zero-order valence-electron chi connectivity index (χ0n) is 11.0. The number of carbonyl (C=O) groups excluding carboxylic acids is 2. The molecule has 2 heterocycles. The Bertz CT molecular complexity index is 309. The lowest BCUT2D eigenvalue weighted by Gasteiger charge is -2.42. The van der Waals surface area contributed by atoms with Crippen molar-refractivity contribution in [3.8, 4) is 0 Å². The van der Waals surface area contributed by atoms with E-state index in [4.69, 9.17) is 0 Å². The molecule has 4 heteroatoms. The molecule has 0 radical (unpaired) electrons. The van der Waals surface area contributed by atoms with Gasteiger partial charge in [0.2, 0.25) is 11.8 Å². The lowest BCUT2D eigenvalue weighted by molar-refractivity contribution is -0.142. The molecule has 0 aromatic carbocycles. The summed E-state index contributed by atoms with van der Waals surface area (Å²) >= 11 is 0. The van der Waals surface area contributed by atoms with Gasteiger partial charge in [0.25, 0.3) is 0 Å². The molecule has 0 atom stereocenters. The highest BCUT2D eigenvalue weighted by Crippen LogP contribution is 2.26. The Morgan fingerprint density at radius 2 is 1.47 bits per heavy atom. The van der Waals surface area contributed by atoms with Gasteiger partial charge < -0.3 is 0 Å². The highest BCUT2D eigenvalue weighted by atomic mass is 16.2. The van der Waals surface area contributed by atoms with Crippen LogP contribution < -0.4 is 0 Å². The van der Waals surface area contributed by atoms with Crippen molar-refractivity contribution in [2.75, 3.05) is 13.1 Å². The van der Waals surface area contributed by atoms with Crippen molar-refractivity contribution < 1.29 is 9.59 Å². The van der Waals surface area contributed by atoms with E-state index in [2.05, 4.69) is 25.7 Å². The maximum Gasteiger partial charge on any atom is 0.229 e. The molecule has 2 rings (SSSR count). The molecule has 0 bridgehead atoms. The van der Waals surface area contributed by atoms with Crippen molar-refractivity contribution >= 4 is 11.8 Å².